The van der Waals surface area contributed by atoms with Crippen molar-refractivity contribution in [2.24, 2.45) is 0 Å². The maximum atomic E-state index is 13.6. The molecule has 0 bridgehead atoms. The second-order valence-corrected chi connectivity index (χ2v) is 8.33. The van der Waals surface area contributed by atoms with Crippen LogP contribution in [0.1, 0.15) is 43.7 Å². The van der Waals surface area contributed by atoms with Gasteiger partial charge < -0.3 is 10.1 Å². The van der Waals surface area contributed by atoms with Crippen molar-refractivity contribution in [2.45, 2.75) is 32.6 Å². The maximum Gasteiger partial charge on any atom is 0.336 e. The van der Waals surface area contributed by atoms with Crippen molar-refractivity contribution >= 4 is 35.2 Å². The van der Waals surface area contributed by atoms with Crippen LogP contribution in [0.15, 0.2) is 72.1 Å². The zero-order chi connectivity index (χ0) is 24.1. The van der Waals surface area contributed by atoms with Crippen molar-refractivity contribution in [1.29, 1.82) is 0 Å². The highest BCUT2D eigenvalue weighted by atomic mass is 35.5. The van der Waals surface area contributed by atoms with Gasteiger partial charge in [-0.1, -0.05) is 73.5 Å². The van der Waals surface area contributed by atoms with Crippen molar-refractivity contribution in [3.05, 3.63) is 88.2 Å². The predicted octanol–water partition coefficient (Wildman–Crippen LogP) is 6.14. The van der Waals surface area contributed by atoms with E-state index in [4.69, 9.17) is 16.3 Å². The van der Waals surface area contributed by atoms with Crippen LogP contribution in [0.5, 0.6) is 0 Å². The number of aromatic amines is 1. The third kappa shape index (κ3) is 4.68. The molecule has 0 saturated carbocycles. The Hall–Kier alpha value is -3.64. The Morgan fingerprint density at radius 3 is 2.56 bits per heavy atom. The summed E-state index contributed by atoms with van der Waals surface area (Å²) < 4.78 is 5.32. The molecular formula is C27H26ClN3O3. The molecule has 1 aliphatic heterocycles. The van der Waals surface area contributed by atoms with Crippen molar-refractivity contribution in [3.63, 3.8) is 0 Å². The number of halogens is 1. The summed E-state index contributed by atoms with van der Waals surface area (Å²) in [5.41, 5.74) is 4.29. The molecule has 34 heavy (non-hydrogen) atoms. The van der Waals surface area contributed by atoms with Crippen LogP contribution >= 0.6 is 11.6 Å². The first-order valence-corrected chi connectivity index (χ1v) is 11.7. The van der Waals surface area contributed by atoms with Crippen molar-refractivity contribution in [3.8, 4) is 11.1 Å². The number of esters is 1. The van der Waals surface area contributed by atoms with E-state index >= 15 is 0 Å². The molecule has 0 fully saturated rings. The molecule has 4 rings (SSSR count). The lowest BCUT2D eigenvalue weighted by molar-refractivity contribution is -0.139. The van der Waals surface area contributed by atoms with Crippen LogP contribution in [-0.4, -0.2) is 28.6 Å². The minimum absolute atomic E-state index is 0.224. The highest BCUT2D eigenvalue weighted by molar-refractivity contribution is 6.33. The standard InChI is InChI=1S/C27H26ClN3O3/c1-3-9-22-25(27(33)34-4-2)24(20-16-29-31-26(20)30-22)23(32)15-14-17-10-5-6-11-18(17)19-12-7-8-13-21(19)28/h5-8,10-16,24H,3-4,9H2,1-2H3,(H2,29,30,31)/b15-14+. The van der Waals surface area contributed by atoms with Crippen LogP contribution in [-0.2, 0) is 14.3 Å². The average Bonchev–Trinajstić information content (AvgIpc) is 3.31. The molecule has 1 unspecified atom stereocenters. The number of anilines is 1. The summed E-state index contributed by atoms with van der Waals surface area (Å²) in [4.78, 5) is 26.5. The van der Waals surface area contributed by atoms with Gasteiger partial charge in [-0.15, -0.1) is 0 Å². The molecule has 174 valence electrons. The topological polar surface area (TPSA) is 84.1 Å². The number of fused-ring (bicyclic) bond motifs is 1. The van der Waals surface area contributed by atoms with Gasteiger partial charge in [0.15, 0.2) is 5.78 Å². The van der Waals surface area contributed by atoms with Gasteiger partial charge in [-0.05, 0) is 36.6 Å². The Bertz CT molecular complexity index is 1280. The van der Waals surface area contributed by atoms with Gasteiger partial charge in [0, 0.05) is 21.8 Å². The number of rotatable bonds is 8. The number of nitrogens with zero attached hydrogens (tertiary/aromatic N) is 1. The third-order valence-corrected chi connectivity index (χ3v) is 6.03. The average molecular weight is 476 g/mol. The lowest BCUT2D eigenvalue weighted by Gasteiger charge is -2.26. The monoisotopic (exact) mass is 475 g/mol. The van der Waals surface area contributed by atoms with Crippen LogP contribution in [0, 0.1) is 0 Å². The van der Waals surface area contributed by atoms with E-state index in [1.165, 1.54) is 6.08 Å². The van der Waals surface area contributed by atoms with Gasteiger partial charge in [0.1, 0.15) is 5.82 Å². The molecule has 0 radical (unpaired) electrons. The minimum atomic E-state index is -0.806. The first-order valence-electron chi connectivity index (χ1n) is 11.3. The number of carbonyl (C=O) groups excluding carboxylic acids is 2. The Morgan fingerprint density at radius 1 is 1.09 bits per heavy atom. The Morgan fingerprint density at radius 2 is 1.82 bits per heavy atom. The van der Waals surface area contributed by atoms with Crippen LogP contribution < -0.4 is 5.32 Å². The Kier molecular flexibility index (Phi) is 7.28. The predicted molar refractivity (Wildman–Crippen MR) is 134 cm³/mol. The van der Waals surface area contributed by atoms with Gasteiger partial charge in [0.2, 0.25) is 0 Å². The van der Waals surface area contributed by atoms with Gasteiger partial charge in [-0.2, -0.15) is 5.10 Å². The fourth-order valence-electron chi connectivity index (χ4n) is 4.19. The number of benzene rings is 2. The number of hydrogen-bond donors (Lipinski definition) is 2. The molecule has 0 aliphatic carbocycles. The van der Waals surface area contributed by atoms with E-state index in [1.807, 2.05) is 55.5 Å². The van der Waals surface area contributed by atoms with Crippen LogP contribution in [0.2, 0.25) is 5.02 Å². The largest absolute Gasteiger partial charge is 0.463 e. The van der Waals surface area contributed by atoms with Gasteiger partial charge in [0.05, 0.1) is 24.3 Å². The molecule has 0 spiro atoms. The minimum Gasteiger partial charge on any atom is -0.463 e. The number of H-pyrrole nitrogens is 1. The van der Waals surface area contributed by atoms with E-state index < -0.39 is 11.9 Å². The van der Waals surface area contributed by atoms with Gasteiger partial charge in [-0.25, -0.2) is 4.79 Å². The SMILES string of the molecule is CCCC1=C(C(=O)OCC)C(C(=O)/C=C/c2ccccc2-c2ccccc2Cl)c2cn[nH]c2N1. The number of allylic oxidation sites excluding steroid dienone is 2. The summed E-state index contributed by atoms with van der Waals surface area (Å²) in [5.74, 6) is -0.901. The normalized spacial score (nSPS) is 15.2. The van der Waals surface area contributed by atoms with Gasteiger partial charge in [0.25, 0.3) is 0 Å². The molecule has 7 heteroatoms. The van der Waals surface area contributed by atoms with Crippen LogP contribution in [0.25, 0.3) is 17.2 Å². The van der Waals surface area contributed by atoms with Gasteiger partial charge in [-0.3, -0.25) is 9.89 Å². The quantitative estimate of drug-likeness (QED) is 0.302. The van der Waals surface area contributed by atoms with Crippen molar-refractivity contribution < 1.29 is 14.3 Å². The molecule has 2 aromatic carbocycles. The molecule has 0 saturated heterocycles. The summed E-state index contributed by atoms with van der Waals surface area (Å²) in [5, 5.41) is 10.9. The molecule has 1 atom stereocenters. The highest BCUT2D eigenvalue weighted by Crippen LogP contribution is 2.39. The summed E-state index contributed by atoms with van der Waals surface area (Å²) in [6.07, 6.45) is 6.28. The van der Waals surface area contributed by atoms with E-state index in [0.29, 0.717) is 34.1 Å². The lowest BCUT2D eigenvalue weighted by atomic mass is 9.83. The third-order valence-electron chi connectivity index (χ3n) is 5.70. The summed E-state index contributed by atoms with van der Waals surface area (Å²) in [7, 11) is 0. The van der Waals surface area contributed by atoms with E-state index in [9.17, 15) is 9.59 Å². The molecule has 0 amide bonds. The first kappa shape index (κ1) is 23.5. The molecule has 2 N–H and O–H groups in total. The number of ether oxygens (including phenoxy) is 1. The molecule has 1 aromatic heterocycles. The summed E-state index contributed by atoms with van der Waals surface area (Å²) in [6.45, 7) is 3.99. The smallest absolute Gasteiger partial charge is 0.336 e. The Labute approximate surface area is 203 Å². The molecule has 3 aromatic rings. The molecular weight excluding hydrogens is 450 g/mol. The van der Waals surface area contributed by atoms with Crippen LogP contribution in [0.4, 0.5) is 5.82 Å². The van der Waals surface area contributed by atoms with Gasteiger partial charge >= 0.3 is 5.97 Å². The van der Waals surface area contributed by atoms with E-state index in [0.717, 1.165) is 23.1 Å². The summed E-state index contributed by atoms with van der Waals surface area (Å²) in [6, 6.07) is 15.3. The number of ketones is 1. The fourth-order valence-corrected chi connectivity index (χ4v) is 4.43. The lowest BCUT2D eigenvalue weighted by Crippen LogP contribution is -2.28. The molecule has 2 heterocycles. The zero-order valence-electron chi connectivity index (χ0n) is 19.1. The molecule has 6 nitrogen and oxygen atoms in total. The first-order chi connectivity index (χ1) is 16.5. The zero-order valence-corrected chi connectivity index (χ0v) is 19.9. The van der Waals surface area contributed by atoms with E-state index in [-0.39, 0.29) is 12.4 Å². The van der Waals surface area contributed by atoms with E-state index in [1.54, 1.807) is 19.2 Å². The van der Waals surface area contributed by atoms with Crippen molar-refractivity contribution in [1.82, 2.24) is 10.2 Å². The number of nitrogens with one attached hydrogen (secondary N) is 2. The second-order valence-electron chi connectivity index (χ2n) is 7.92. The number of carbonyl (C=O) groups is 2. The number of aromatic nitrogens is 2. The summed E-state index contributed by atoms with van der Waals surface area (Å²) >= 11 is 6.42. The highest BCUT2D eigenvalue weighted by Gasteiger charge is 2.37. The Balaban J connectivity index is 1.74. The van der Waals surface area contributed by atoms with E-state index in [2.05, 4.69) is 15.5 Å². The van der Waals surface area contributed by atoms with Crippen LogP contribution in [0.3, 0.4) is 0 Å². The van der Waals surface area contributed by atoms with Crippen molar-refractivity contribution in [2.75, 3.05) is 11.9 Å². The molecule has 1 aliphatic rings. The fraction of sp³-hybridized carbons (Fsp3) is 0.222. The maximum absolute atomic E-state index is 13.6. The number of hydrogen-bond acceptors (Lipinski definition) is 5. The second kappa shape index (κ2) is 10.5.